The molecule has 2 heterocycles. The molecular formula is C26H23N3O5S. The summed E-state index contributed by atoms with van der Waals surface area (Å²) in [4.78, 5) is 38.9. The molecule has 0 unspecified atom stereocenters. The molecule has 35 heavy (non-hydrogen) atoms. The van der Waals surface area contributed by atoms with Crippen molar-refractivity contribution in [2.24, 2.45) is 0 Å². The molecule has 0 radical (unpaired) electrons. The van der Waals surface area contributed by atoms with Crippen molar-refractivity contribution in [2.45, 2.75) is 20.8 Å². The Morgan fingerprint density at radius 3 is 2.37 bits per heavy atom. The maximum absolute atomic E-state index is 13.4. The van der Waals surface area contributed by atoms with E-state index in [9.17, 15) is 19.5 Å². The number of nitrogens with one attached hydrogen (secondary N) is 1. The predicted molar refractivity (Wildman–Crippen MR) is 136 cm³/mol. The predicted octanol–water partition coefficient (Wildman–Crippen LogP) is 3.94. The van der Waals surface area contributed by atoms with Crippen LogP contribution in [0, 0.1) is 20.8 Å². The second-order valence-electron chi connectivity index (χ2n) is 8.12. The molecule has 0 atom stereocenters. The molecule has 2 N–H and O–H groups in total. The average molecular weight is 490 g/mol. The van der Waals surface area contributed by atoms with E-state index in [0.29, 0.717) is 22.7 Å². The van der Waals surface area contributed by atoms with Gasteiger partial charge in [0.05, 0.1) is 18.4 Å². The number of ether oxygens (including phenoxy) is 1. The number of hydrogen-bond donors (Lipinski definition) is 2. The highest BCUT2D eigenvalue weighted by Crippen LogP contribution is 2.28. The highest BCUT2D eigenvalue weighted by atomic mass is 32.1. The van der Waals surface area contributed by atoms with Crippen LogP contribution in [0.4, 0.5) is 5.69 Å². The number of rotatable bonds is 5. The maximum Gasteiger partial charge on any atom is 0.335 e. The van der Waals surface area contributed by atoms with Gasteiger partial charge < -0.3 is 14.4 Å². The Kier molecular flexibility index (Phi) is 6.27. The summed E-state index contributed by atoms with van der Waals surface area (Å²) in [7, 11) is 1.54. The lowest BCUT2D eigenvalue weighted by atomic mass is 10.1. The number of amides is 2. The second kappa shape index (κ2) is 9.19. The first-order valence-corrected chi connectivity index (χ1v) is 11.1. The highest BCUT2D eigenvalue weighted by Gasteiger charge is 2.34. The fourth-order valence-electron chi connectivity index (χ4n) is 4.07. The number of carbonyl (C=O) groups is 3. The lowest BCUT2D eigenvalue weighted by molar-refractivity contribution is -0.122. The van der Waals surface area contributed by atoms with Crippen molar-refractivity contribution in [3.63, 3.8) is 0 Å². The standard InChI is InChI=1S/C26H23N3O5S/c1-14-5-6-17(25(32)33)13-22(14)28-15(2)11-18(16(28)3)12-21-23(30)27-26(35)29(24(21)31)19-7-9-20(34-4)10-8-19/h5-13H,1-4H3,(H,32,33)(H,27,30,35)/b21-12-. The SMILES string of the molecule is COc1ccc(N2C(=O)/C(=C\c3cc(C)n(-c4cc(C(=O)O)ccc4C)c3C)C(=O)NC2=S)cc1. The Hall–Kier alpha value is -4.24. The molecule has 1 fully saturated rings. The van der Waals surface area contributed by atoms with Gasteiger partial charge in [-0.1, -0.05) is 6.07 Å². The van der Waals surface area contributed by atoms with E-state index in [1.54, 1.807) is 49.6 Å². The van der Waals surface area contributed by atoms with Gasteiger partial charge in [-0.15, -0.1) is 0 Å². The second-order valence-corrected chi connectivity index (χ2v) is 8.51. The van der Waals surface area contributed by atoms with Crippen molar-refractivity contribution in [2.75, 3.05) is 12.0 Å². The van der Waals surface area contributed by atoms with Crippen molar-refractivity contribution in [3.05, 3.63) is 82.2 Å². The monoisotopic (exact) mass is 489 g/mol. The largest absolute Gasteiger partial charge is 0.497 e. The van der Waals surface area contributed by atoms with Gasteiger partial charge in [-0.2, -0.15) is 0 Å². The molecule has 1 saturated heterocycles. The van der Waals surface area contributed by atoms with Crippen LogP contribution in [-0.4, -0.2) is 39.7 Å². The molecule has 0 saturated carbocycles. The van der Waals surface area contributed by atoms with Crippen molar-refractivity contribution in [1.29, 1.82) is 0 Å². The molecule has 1 aliphatic heterocycles. The smallest absolute Gasteiger partial charge is 0.335 e. The van der Waals surface area contributed by atoms with Crippen LogP contribution in [0.2, 0.25) is 0 Å². The minimum Gasteiger partial charge on any atom is -0.497 e. The van der Waals surface area contributed by atoms with Gasteiger partial charge in [0, 0.05) is 17.1 Å². The maximum atomic E-state index is 13.4. The Morgan fingerprint density at radius 1 is 1.06 bits per heavy atom. The van der Waals surface area contributed by atoms with Gasteiger partial charge in [0.1, 0.15) is 11.3 Å². The molecule has 8 nitrogen and oxygen atoms in total. The zero-order valence-electron chi connectivity index (χ0n) is 19.6. The first-order valence-electron chi connectivity index (χ1n) is 10.7. The normalized spacial score (nSPS) is 14.9. The fraction of sp³-hybridized carbons (Fsp3) is 0.154. The lowest BCUT2D eigenvalue weighted by Gasteiger charge is -2.29. The summed E-state index contributed by atoms with van der Waals surface area (Å²) in [5, 5.41) is 12.0. The van der Waals surface area contributed by atoms with E-state index in [-0.39, 0.29) is 16.2 Å². The summed E-state index contributed by atoms with van der Waals surface area (Å²) < 4.78 is 7.08. The van der Waals surface area contributed by atoms with Crippen LogP contribution in [-0.2, 0) is 9.59 Å². The number of aryl methyl sites for hydroxylation is 2. The van der Waals surface area contributed by atoms with Crippen LogP contribution in [0.25, 0.3) is 11.8 Å². The van der Waals surface area contributed by atoms with Crippen LogP contribution in [0.5, 0.6) is 5.75 Å². The number of anilines is 1. The Bertz CT molecular complexity index is 1420. The van der Waals surface area contributed by atoms with E-state index < -0.39 is 17.8 Å². The number of methoxy groups -OCH3 is 1. The molecule has 1 aromatic heterocycles. The van der Waals surface area contributed by atoms with Gasteiger partial charge in [0.25, 0.3) is 11.8 Å². The minimum absolute atomic E-state index is 0.00565. The molecule has 178 valence electrons. The topological polar surface area (TPSA) is 101 Å². The van der Waals surface area contributed by atoms with Crippen molar-refractivity contribution < 1.29 is 24.2 Å². The third-order valence-electron chi connectivity index (χ3n) is 5.90. The zero-order chi connectivity index (χ0) is 25.4. The number of hydrogen-bond acceptors (Lipinski definition) is 5. The van der Waals surface area contributed by atoms with Crippen molar-refractivity contribution in [3.8, 4) is 11.4 Å². The number of carboxylic acid groups (broad SMARTS) is 1. The van der Waals surface area contributed by atoms with Gasteiger partial charge in [-0.3, -0.25) is 19.8 Å². The van der Waals surface area contributed by atoms with Gasteiger partial charge in [0.15, 0.2) is 5.11 Å². The summed E-state index contributed by atoms with van der Waals surface area (Å²) in [6.45, 7) is 5.62. The van der Waals surface area contributed by atoms with Crippen molar-refractivity contribution >= 4 is 46.9 Å². The highest BCUT2D eigenvalue weighted by molar-refractivity contribution is 7.80. The third kappa shape index (κ3) is 4.33. The number of carboxylic acids is 1. The molecule has 3 aromatic rings. The molecule has 2 aromatic carbocycles. The zero-order valence-corrected chi connectivity index (χ0v) is 20.4. The molecule has 2 amide bonds. The molecular weight excluding hydrogens is 466 g/mol. The minimum atomic E-state index is -1.02. The molecule has 0 bridgehead atoms. The number of aromatic carboxylic acids is 1. The van der Waals surface area contributed by atoms with Gasteiger partial charge in [-0.25, -0.2) is 4.79 Å². The van der Waals surface area contributed by atoms with Crippen LogP contribution >= 0.6 is 12.2 Å². The quantitative estimate of drug-likeness (QED) is 0.320. The summed E-state index contributed by atoms with van der Waals surface area (Å²) in [5.41, 5.74) is 4.44. The number of thiocarbonyl (C=S) groups is 1. The van der Waals surface area contributed by atoms with E-state index in [2.05, 4.69) is 5.32 Å². The molecule has 9 heteroatoms. The summed E-state index contributed by atoms with van der Waals surface area (Å²) in [6.07, 6.45) is 1.53. The van der Waals surface area contributed by atoms with E-state index >= 15 is 0 Å². The van der Waals surface area contributed by atoms with Crippen LogP contribution in [0.3, 0.4) is 0 Å². The molecule has 1 aliphatic rings. The lowest BCUT2D eigenvalue weighted by Crippen LogP contribution is -2.54. The molecule has 0 spiro atoms. The van der Waals surface area contributed by atoms with Crippen LogP contribution in [0.1, 0.15) is 32.9 Å². The third-order valence-corrected chi connectivity index (χ3v) is 6.18. The number of carbonyl (C=O) groups excluding carboxylic acids is 2. The van der Waals surface area contributed by atoms with Gasteiger partial charge in [0.2, 0.25) is 0 Å². The first-order chi connectivity index (χ1) is 16.6. The van der Waals surface area contributed by atoms with E-state index in [1.807, 2.05) is 31.4 Å². The summed E-state index contributed by atoms with van der Waals surface area (Å²) in [6, 6.07) is 13.5. The fourth-order valence-corrected chi connectivity index (χ4v) is 4.35. The van der Waals surface area contributed by atoms with Crippen molar-refractivity contribution in [1.82, 2.24) is 9.88 Å². The number of benzene rings is 2. The first kappa shape index (κ1) is 23.9. The van der Waals surface area contributed by atoms with Crippen LogP contribution in [0.15, 0.2) is 54.1 Å². The number of aromatic nitrogens is 1. The van der Waals surface area contributed by atoms with Crippen LogP contribution < -0.4 is 15.0 Å². The average Bonchev–Trinajstić information content (AvgIpc) is 3.09. The Morgan fingerprint density at radius 2 is 1.74 bits per heavy atom. The summed E-state index contributed by atoms with van der Waals surface area (Å²) in [5.74, 6) is -1.52. The number of nitrogens with zero attached hydrogens (tertiary/aromatic N) is 2. The molecule has 0 aliphatic carbocycles. The van der Waals surface area contributed by atoms with Gasteiger partial charge >= 0.3 is 5.97 Å². The van der Waals surface area contributed by atoms with E-state index in [4.69, 9.17) is 17.0 Å². The van der Waals surface area contributed by atoms with E-state index in [1.165, 1.54) is 11.0 Å². The van der Waals surface area contributed by atoms with E-state index in [0.717, 1.165) is 17.0 Å². The van der Waals surface area contributed by atoms with Gasteiger partial charge in [-0.05, 0) is 92.7 Å². The Labute approximate surface area is 207 Å². The Balaban J connectivity index is 1.77. The summed E-state index contributed by atoms with van der Waals surface area (Å²) >= 11 is 5.27. The molecule has 4 rings (SSSR count).